The van der Waals surface area contributed by atoms with Crippen molar-refractivity contribution in [3.8, 4) is 11.3 Å². The Labute approximate surface area is 136 Å². The van der Waals surface area contributed by atoms with Crippen LogP contribution in [0.5, 0.6) is 0 Å². The lowest BCUT2D eigenvalue weighted by atomic mass is 9.88. The van der Waals surface area contributed by atoms with Gasteiger partial charge in [-0.05, 0) is 31.1 Å². The molecule has 1 amide bonds. The Morgan fingerprint density at radius 2 is 2.33 bits per heavy atom. The lowest BCUT2D eigenvalue weighted by molar-refractivity contribution is -0.121. The van der Waals surface area contributed by atoms with Crippen LogP contribution in [0.25, 0.3) is 11.3 Å². The molecule has 4 nitrogen and oxygen atoms in total. The van der Waals surface area contributed by atoms with E-state index < -0.39 is 0 Å². The molecule has 110 valence electrons. The topological polar surface area (TPSA) is 54.0 Å². The maximum absolute atomic E-state index is 12.2. The molecule has 1 aliphatic rings. The van der Waals surface area contributed by atoms with Crippen LogP contribution in [0.3, 0.4) is 0 Å². The van der Waals surface area contributed by atoms with E-state index in [9.17, 15) is 4.79 Å². The molecule has 1 aliphatic heterocycles. The molecule has 0 spiro atoms. The quantitative estimate of drug-likeness (QED) is 0.873. The van der Waals surface area contributed by atoms with Crippen LogP contribution in [0.15, 0.2) is 34.1 Å². The SMILES string of the molecule is CC(C(=O)Nc1nc(-c2cccc(Br)c2)cs1)C1CNC1. The van der Waals surface area contributed by atoms with Crippen molar-refractivity contribution < 1.29 is 4.79 Å². The number of carbonyl (C=O) groups excluding carboxylic acids is 1. The second kappa shape index (κ2) is 6.25. The summed E-state index contributed by atoms with van der Waals surface area (Å²) in [4.78, 5) is 16.7. The summed E-state index contributed by atoms with van der Waals surface area (Å²) in [6, 6.07) is 7.98. The van der Waals surface area contributed by atoms with Gasteiger partial charge in [-0.15, -0.1) is 11.3 Å². The molecule has 2 aromatic rings. The molecule has 1 aromatic carbocycles. The zero-order valence-corrected chi connectivity index (χ0v) is 14.0. The molecular weight excluding hydrogens is 350 g/mol. The fraction of sp³-hybridized carbons (Fsp3) is 0.333. The van der Waals surface area contributed by atoms with Gasteiger partial charge in [-0.25, -0.2) is 4.98 Å². The van der Waals surface area contributed by atoms with Gasteiger partial charge in [0.15, 0.2) is 5.13 Å². The van der Waals surface area contributed by atoms with E-state index in [-0.39, 0.29) is 11.8 Å². The summed E-state index contributed by atoms with van der Waals surface area (Å²) in [7, 11) is 0. The Hall–Kier alpha value is -1.24. The number of halogens is 1. The number of carbonyl (C=O) groups is 1. The number of rotatable bonds is 4. The van der Waals surface area contributed by atoms with E-state index in [0.717, 1.165) is 28.8 Å². The Bertz CT molecular complexity index is 654. The number of hydrogen-bond donors (Lipinski definition) is 2. The Kier molecular flexibility index (Phi) is 4.37. The minimum absolute atomic E-state index is 0.0180. The third kappa shape index (κ3) is 3.33. The highest BCUT2D eigenvalue weighted by Gasteiger charge is 2.29. The lowest BCUT2D eigenvalue weighted by Crippen LogP contribution is -2.48. The molecule has 0 radical (unpaired) electrons. The van der Waals surface area contributed by atoms with E-state index in [1.165, 1.54) is 11.3 Å². The number of benzene rings is 1. The van der Waals surface area contributed by atoms with Gasteiger partial charge < -0.3 is 10.6 Å². The van der Waals surface area contributed by atoms with Crippen LogP contribution in [-0.2, 0) is 4.79 Å². The Morgan fingerprint density at radius 1 is 1.52 bits per heavy atom. The molecule has 1 atom stereocenters. The lowest BCUT2D eigenvalue weighted by Gasteiger charge is -2.31. The predicted octanol–water partition coefficient (Wildman–Crippen LogP) is 3.37. The summed E-state index contributed by atoms with van der Waals surface area (Å²) in [5, 5.41) is 8.75. The maximum Gasteiger partial charge on any atom is 0.229 e. The Morgan fingerprint density at radius 3 is 3.00 bits per heavy atom. The number of nitrogens with one attached hydrogen (secondary N) is 2. The molecule has 0 aliphatic carbocycles. The van der Waals surface area contributed by atoms with Gasteiger partial charge in [-0.3, -0.25) is 4.79 Å². The zero-order chi connectivity index (χ0) is 14.8. The molecule has 2 heterocycles. The number of nitrogens with zero attached hydrogens (tertiary/aromatic N) is 1. The van der Waals surface area contributed by atoms with Crippen molar-refractivity contribution in [1.82, 2.24) is 10.3 Å². The third-order valence-corrected chi connectivity index (χ3v) is 5.04. The molecule has 21 heavy (non-hydrogen) atoms. The molecule has 6 heteroatoms. The van der Waals surface area contributed by atoms with Crippen LogP contribution >= 0.6 is 27.3 Å². The van der Waals surface area contributed by atoms with Crippen LogP contribution in [0.2, 0.25) is 0 Å². The largest absolute Gasteiger partial charge is 0.316 e. The van der Waals surface area contributed by atoms with Crippen molar-refractivity contribution >= 4 is 38.3 Å². The van der Waals surface area contributed by atoms with Gasteiger partial charge in [0.05, 0.1) is 5.69 Å². The van der Waals surface area contributed by atoms with Crippen LogP contribution in [-0.4, -0.2) is 24.0 Å². The van der Waals surface area contributed by atoms with Crippen molar-refractivity contribution in [2.45, 2.75) is 6.92 Å². The molecule has 0 saturated carbocycles. The van der Waals surface area contributed by atoms with Gasteiger partial charge in [0, 0.05) is 21.3 Å². The fourth-order valence-corrected chi connectivity index (χ4v) is 3.33. The first-order chi connectivity index (χ1) is 10.1. The maximum atomic E-state index is 12.2. The number of hydrogen-bond acceptors (Lipinski definition) is 4. The molecule has 1 saturated heterocycles. The summed E-state index contributed by atoms with van der Waals surface area (Å²) in [6.45, 7) is 3.83. The van der Waals surface area contributed by atoms with Crippen molar-refractivity contribution in [2.24, 2.45) is 11.8 Å². The molecule has 1 aromatic heterocycles. The first kappa shape index (κ1) is 14.7. The first-order valence-corrected chi connectivity index (χ1v) is 8.54. The normalized spacial score (nSPS) is 16.3. The summed E-state index contributed by atoms with van der Waals surface area (Å²) < 4.78 is 1.02. The second-order valence-corrected chi connectivity index (χ2v) is 7.02. The van der Waals surface area contributed by atoms with Crippen molar-refractivity contribution in [3.05, 3.63) is 34.1 Å². The van der Waals surface area contributed by atoms with E-state index in [1.54, 1.807) is 0 Å². The summed E-state index contributed by atoms with van der Waals surface area (Å²) in [5.74, 6) is 0.510. The summed E-state index contributed by atoms with van der Waals surface area (Å²) >= 11 is 4.92. The zero-order valence-electron chi connectivity index (χ0n) is 11.6. The summed E-state index contributed by atoms with van der Waals surface area (Å²) in [5.41, 5.74) is 1.92. The van der Waals surface area contributed by atoms with E-state index in [1.807, 2.05) is 36.6 Å². The standard InChI is InChI=1S/C15H16BrN3OS/c1-9(11-6-17-7-11)14(20)19-15-18-13(8-21-15)10-3-2-4-12(16)5-10/h2-5,8-9,11,17H,6-7H2,1H3,(H,18,19,20). The summed E-state index contributed by atoms with van der Waals surface area (Å²) in [6.07, 6.45) is 0. The van der Waals surface area contributed by atoms with E-state index in [2.05, 4.69) is 31.5 Å². The van der Waals surface area contributed by atoms with E-state index >= 15 is 0 Å². The minimum Gasteiger partial charge on any atom is -0.316 e. The van der Waals surface area contributed by atoms with Crippen LogP contribution in [0, 0.1) is 11.8 Å². The van der Waals surface area contributed by atoms with Gasteiger partial charge in [0.25, 0.3) is 0 Å². The van der Waals surface area contributed by atoms with Crippen molar-refractivity contribution in [2.75, 3.05) is 18.4 Å². The first-order valence-electron chi connectivity index (χ1n) is 6.86. The predicted molar refractivity (Wildman–Crippen MR) is 89.4 cm³/mol. The van der Waals surface area contributed by atoms with Gasteiger partial charge in [-0.2, -0.15) is 0 Å². The highest BCUT2D eigenvalue weighted by molar-refractivity contribution is 9.10. The number of amides is 1. The van der Waals surface area contributed by atoms with E-state index in [0.29, 0.717) is 11.0 Å². The average molecular weight is 366 g/mol. The second-order valence-electron chi connectivity index (χ2n) is 5.24. The van der Waals surface area contributed by atoms with Crippen molar-refractivity contribution in [3.63, 3.8) is 0 Å². The number of anilines is 1. The van der Waals surface area contributed by atoms with Gasteiger partial charge in [-0.1, -0.05) is 35.0 Å². The number of thiazole rings is 1. The molecule has 1 unspecified atom stereocenters. The van der Waals surface area contributed by atoms with Crippen LogP contribution in [0.1, 0.15) is 6.92 Å². The molecule has 0 bridgehead atoms. The van der Waals surface area contributed by atoms with Gasteiger partial charge in [0.1, 0.15) is 0 Å². The van der Waals surface area contributed by atoms with Crippen molar-refractivity contribution in [1.29, 1.82) is 0 Å². The number of aromatic nitrogens is 1. The van der Waals surface area contributed by atoms with Gasteiger partial charge >= 0.3 is 0 Å². The van der Waals surface area contributed by atoms with Crippen LogP contribution in [0.4, 0.5) is 5.13 Å². The van der Waals surface area contributed by atoms with E-state index in [4.69, 9.17) is 0 Å². The van der Waals surface area contributed by atoms with Crippen LogP contribution < -0.4 is 10.6 Å². The molecule has 3 rings (SSSR count). The average Bonchev–Trinajstić information content (AvgIpc) is 2.85. The molecule has 2 N–H and O–H groups in total. The smallest absolute Gasteiger partial charge is 0.229 e. The monoisotopic (exact) mass is 365 g/mol. The fourth-order valence-electron chi connectivity index (χ4n) is 2.21. The molecule has 1 fully saturated rings. The Balaban J connectivity index is 1.69. The highest BCUT2D eigenvalue weighted by atomic mass is 79.9. The molecular formula is C15H16BrN3OS. The highest BCUT2D eigenvalue weighted by Crippen LogP contribution is 2.27. The minimum atomic E-state index is 0.0180. The third-order valence-electron chi connectivity index (χ3n) is 3.79. The van der Waals surface area contributed by atoms with Gasteiger partial charge in [0.2, 0.25) is 5.91 Å².